The zero-order chi connectivity index (χ0) is 13.7. The fraction of sp³-hybridized carbons (Fsp3) is 0.400. The van der Waals surface area contributed by atoms with Crippen LogP contribution in [0.3, 0.4) is 0 Å². The van der Waals surface area contributed by atoms with E-state index in [-0.39, 0.29) is 0 Å². The minimum atomic E-state index is 0.544. The largest absolute Gasteiger partial charge is 0.497 e. The molecule has 2 rings (SSSR count). The van der Waals surface area contributed by atoms with Gasteiger partial charge in [0, 0.05) is 18.6 Å². The lowest BCUT2D eigenvalue weighted by Crippen LogP contribution is -2.10. The molecule has 2 aromatic rings. The second-order valence-corrected chi connectivity index (χ2v) is 5.41. The van der Waals surface area contributed by atoms with Crippen LogP contribution in [-0.2, 0) is 19.9 Å². The molecular formula is C15H19BrN2O. The summed E-state index contributed by atoms with van der Waals surface area (Å²) in [5.74, 6) is 1.46. The fourth-order valence-electron chi connectivity index (χ4n) is 2.18. The Morgan fingerprint density at radius 1 is 1.32 bits per heavy atom. The van der Waals surface area contributed by atoms with Gasteiger partial charge in [-0.2, -0.15) is 5.10 Å². The first-order valence-corrected chi connectivity index (χ1v) is 7.51. The number of hydrogen-bond donors (Lipinski definition) is 0. The van der Waals surface area contributed by atoms with E-state index in [0.29, 0.717) is 5.92 Å². The van der Waals surface area contributed by atoms with Crippen LogP contribution in [0.5, 0.6) is 5.75 Å². The van der Waals surface area contributed by atoms with Crippen molar-refractivity contribution in [3.63, 3.8) is 0 Å². The summed E-state index contributed by atoms with van der Waals surface area (Å²) in [4.78, 5) is 0. The van der Waals surface area contributed by atoms with Gasteiger partial charge in [-0.3, -0.25) is 4.68 Å². The molecule has 1 unspecified atom stereocenters. The van der Waals surface area contributed by atoms with Gasteiger partial charge in [-0.15, -0.1) is 0 Å². The average Bonchev–Trinajstić information content (AvgIpc) is 2.83. The molecule has 0 saturated carbocycles. The van der Waals surface area contributed by atoms with Crippen LogP contribution in [0.4, 0.5) is 0 Å². The highest BCUT2D eigenvalue weighted by molar-refractivity contribution is 9.09. The molecule has 0 saturated heterocycles. The summed E-state index contributed by atoms with van der Waals surface area (Å²) in [6, 6.07) is 10.4. The van der Waals surface area contributed by atoms with Crippen LogP contribution in [0.25, 0.3) is 0 Å². The minimum absolute atomic E-state index is 0.544. The van der Waals surface area contributed by atoms with E-state index in [2.05, 4.69) is 39.2 Å². The molecule has 1 aromatic carbocycles. The van der Waals surface area contributed by atoms with Gasteiger partial charge in [-0.05, 0) is 42.5 Å². The van der Waals surface area contributed by atoms with Gasteiger partial charge in [0.2, 0.25) is 0 Å². The Bertz CT molecular complexity index is 524. The molecule has 0 aliphatic carbocycles. The molecule has 1 aromatic heterocycles. The highest BCUT2D eigenvalue weighted by atomic mass is 79.9. The summed E-state index contributed by atoms with van der Waals surface area (Å²) < 4.78 is 7.12. The molecule has 0 bridgehead atoms. The minimum Gasteiger partial charge on any atom is -0.497 e. The summed E-state index contributed by atoms with van der Waals surface area (Å²) in [5.41, 5.74) is 2.45. The van der Waals surface area contributed by atoms with Gasteiger partial charge in [0.1, 0.15) is 5.75 Å². The van der Waals surface area contributed by atoms with Crippen molar-refractivity contribution in [2.24, 2.45) is 13.0 Å². The van der Waals surface area contributed by atoms with E-state index in [4.69, 9.17) is 4.74 Å². The third-order valence-corrected chi connectivity index (χ3v) is 4.06. The highest BCUT2D eigenvalue weighted by Crippen LogP contribution is 2.19. The van der Waals surface area contributed by atoms with E-state index in [1.54, 1.807) is 7.11 Å². The monoisotopic (exact) mass is 322 g/mol. The number of alkyl halides is 1. The number of nitrogens with zero attached hydrogens (tertiary/aromatic N) is 2. The predicted molar refractivity (Wildman–Crippen MR) is 80.9 cm³/mol. The standard InChI is InChI=1S/C15H19BrN2O/c1-18-7-6-14(17-18)9-13(11-16)8-12-4-3-5-15(10-12)19-2/h3-7,10,13H,8-9,11H2,1-2H3. The normalized spacial score (nSPS) is 12.4. The van der Waals surface area contributed by atoms with E-state index < -0.39 is 0 Å². The molecule has 0 N–H and O–H groups in total. The molecule has 4 heteroatoms. The number of aromatic nitrogens is 2. The SMILES string of the molecule is COc1cccc(CC(CBr)Cc2ccn(C)n2)c1. The molecule has 102 valence electrons. The molecule has 1 heterocycles. The molecule has 0 fully saturated rings. The van der Waals surface area contributed by atoms with Gasteiger partial charge in [0.15, 0.2) is 0 Å². The van der Waals surface area contributed by atoms with Crippen molar-refractivity contribution in [2.75, 3.05) is 12.4 Å². The zero-order valence-corrected chi connectivity index (χ0v) is 12.9. The van der Waals surface area contributed by atoms with Gasteiger partial charge in [0.05, 0.1) is 12.8 Å². The van der Waals surface area contributed by atoms with E-state index in [9.17, 15) is 0 Å². The molecule has 0 amide bonds. The van der Waals surface area contributed by atoms with Crippen LogP contribution < -0.4 is 4.74 Å². The second kappa shape index (κ2) is 6.75. The maximum Gasteiger partial charge on any atom is 0.119 e. The number of methoxy groups -OCH3 is 1. The lowest BCUT2D eigenvalue weighted by molar-refractivity contribution is 0.414. The topological polar surface area (TPSA) is 27.1 Å². The van der Waals surface area contributed by atoms with E-state index in [1.165, 1.54) is 5.56 Å². The summed E-state index contributed by atoms with van der Waals surface area (Å²) in [6.07, 6.45) is 4.01. The molecule has 1 atom stereocenters. The van der Waals surface area contributed by atoms with Crippen molar-refractivity contribution in [3.8, 4) is 5.75 Å². The van der Waals surface area contributed by atoms with Crippen LogP contribution in [0.1, 0.15) is 11.3 Å². The molecule has 3 nitrogen and oxygen atoms in total. The average molecular weight is 323 g/mol. The van der Waals surface area contributed by atoms with Crippen LogP contribution >= 0.6 is 15.9 Å². The van der Waals surface area contributed by atoms with Gasteiger partial charge in [0.25, 0.3) is 0 Å². The number of ether oxygens (including phenoxy) is 1. The predicted octanol–water partition coefficient (Wildman–Crippen LogP) is 3.23. The Morgan fingerprint density at radius 3 is 2.79 bits per heavy atom. The maximum atomic E-state index is 5.26. The third-order valence-electron chi connectivity index (χ3n) is 3.14. The summed E-state index contributed by atoms with van der Waals surface area (Å²) >= 11 is 3.61. The Balaban J connectivity index is 2.01. The van der Waals surface area contributed by atoms with Crippen LogP contribution in [-0.4, -0.2) is 22.2 Å². The van der Waals surface area contributed by atoms with E-state index in [0.717, 1.165) is 29.6 Å². The zero-order valence-electron chi connectivity index (χ0n) is 11.3. The fourth-order valence-corrected chi connectivity index (χ4v) is 2.64. The molecular weight excluding hydrogens is 304 g/mol. The maximum absolute atomic E-state index is 5.26. The quantitative estimate of drug-likeness (QED) is 0.763. The number of benzene rings is 1. The van der Waals surface area contributed by atoms with Crippen molar-refractivity contribution in [3.05, 3.63) is 47.8 Å². The van der Waals surface area contributed by atoms with Gasteiger partial charge >= 0.3 is 0 Å². The Morgan fingerprint density at radius 2 is 2.16 bits per heavy atom. The van der Waals surface area contributed by atoms with Crippen molar-refractivity contribution < 1.29 is 4.74 Å². The van der Waals surface area contributed by atoms with Gasteiger partial charge in [-0.1, -0.05) is 28.1 Å². The molecule has 0 aliphatic rings. The van der Waals surface area contributed by atoms with Crippen molar-refractivity contribution >= 4 is 15.9 Å². The lowest BCUT2D eigenvalue weighted by Gasteiger charge is -2.13. The third kappa shape index (κ3) is 4.10. The van der Waals surface area contributed by atoms with Crippen LogP contribution in [0.2, 0.25) is 0 Å². The summed E-state index contributed by atoms with van der Waals surface area (Å²) in [5, 5.41) is 5.42. The Hall–Kier alpha value is -1.29. The van der Waals surface area contributed by atoms with Crippen LogP contribution in [0, 0.1) is 5.92 Å². The van der Waals surface area contributed by atoms with Crippen molar-refractivity contribution in [2.45, 2.75) is 12.8 Å². The molecule has 0 aliphatic heterocycles. The molecule has 19 heavy (non-hydrogen) atoms. The Kier molecular flexibility index (Phi) is 5.02. The van der Waals surface area contributed by atoms with Gasteiger partial charge < -0.3 is 4.74 Å². The first kappa shape index (κ1) is 14.1. The Labute approximate surface area is 122 Å². The van der Waals surface area contributed by atoms with E-state index >= 15 is 0 Å². The number of hydrogen-bond acceptors (Lipinski definition) is 2. The molecule has 0 radical (unpaired) electrons. The summed E-state index contributed by atoms with van der Waals surface area (Å²) in [6.45, 7) is 0. The van der Waals surface area contributed by atoms with Crippen molar-refractivity contribution in [1.82, 2.24) is 9.78 Å². The van der Waals surface area contributed by atoms with Crippen LogP contribution in [0.15, 0.2) is 36.5 Å². The highest BCUT2D eigenvalue weighted by Gasteiger charge is 2.11. The van der Waals surface area contributed by atoms with E-state index in [1.807, 2.05) is 30.1 Å². The van der Waals surface area contributed by atoms with Gasteiger partial charge in [-0.25, -0.2) is 0 Å². The second-order valence-electron chi connectivity index (χ2n) is 4.76. The smallest absolute Gasteiger partial charge is 0.119 e. The first-order chi connectivity index (χ1) is 9.21. The number of aryl methyl sites for hydroxylation is 1. The number of halogens is 1. The lowest BCUT2D eigenvalue weighted by atomic mass is 9.96. The summed E-state index contributed by atoms with van der Waals surface area (Å²) in [7, 11) is 3.66. The van der Waals surface area contributed by atoms with Crippen molar-refractivity contribution in [1.29, 1.82) is 0 Å². The first-order valence-electron chi connectivity index (χ1n) is 6.38. The number of rotatable bonds is 6. The molecule has 0 spiro atoms.